The summed E-state index contributed by atoms with van der Waals surface area (Å²) in [4.78, 5) is 14.5. The Balaban J connectivity index is 2.15. The second-order valence-electron chi connectivity index (χ2n) is 3.55. The third kappa shape index (κ3) is 2.86. The van der Waals surface area contributed by atoms with Crippen LogP contribution in [0.3, 0.4) is 0 Å². The standard InChI is InChI=1S/C11H10BrN3O3/c1-7(10(16)17)18-11-13-6-15(14-11)9-4-2-8(12)3-5-9/h2-7H,1H3,(H,16,17). The molecule has 0 bridgehead atoms. The van der Waals surface area contributed by atoms with Crippen LogP contribution in [0.5, 0.6) is 6.01 Å². The second-order valence-corrected chi connectivity index (χ2v) is 4.46. The first kappa shape index (κ1) is 12.6. The first-order chi connectivity index (χ1) is 8.56. The number of carbonyl (C=O) groups is 1. The van der Waals surface area contributed by atoms with Crippen molar-refractivity contribution < 1.29 is 14.6 Å². The number of aliphatic carboxylic acids is 1. The van der Waals surface area contributed by atoms with Crippen LogP contribution in [-0.2, 0) is 4.79 Å². The van der Waals surface area contributed by atoms with E-state index < -0.39 is 12.1 Å². The molecule has 1 atom stereocenters. The van der Waals surface area contributed by atoms with E-state index in [9.17, 15) is 4.79 Å². The van der Waals surface area contributed by atoms with Gasteiger partial charge in [0, 0.05) is 4.47 Å². The number of nitrogens with zero attached hydrogens (tertiary/aromatic N) is 3. The van der Waals surface area contributed by atoms with E-state index in [1.807, 2.05) is 24.3 Å². The fourth-order valence-electron chi connectivity index (χ4n) is 1.23. The zero-order valence-corrected chi connectivity index (χ0v) is 11.0. The van der Waals surface area contributed by atoms with E-state index in [0.29, 0.717) is 0 Å². The summed E-state index contributed by atoms with van der Waals surface area (Å²) in [5.41, 5.74) is 0.809. The monoisotopic (exact) mass is 311 g/mol. The Kier molecular flexibility index (Phi) is 3.61. The van der Waals surface area contributed by atoms with Crippen molar-refractivity contribution in [1.82, 2.24) is 14.8 Å². The molecule has 1 N–H and O–H groups in total. The molecule has 0 aliphatic heterocycles. The maximum Gasteiger partial charge on any atom is 0.344 e. The number of hydrogen-bond acceptors (Lipinski definition) is 4. The van der Waals surface area contributed by atoms with Crippen LogP contribution >= 0.6 is 15.9 Å². The lowest BCUT2D eigenvalue weighted by atomic mass is 10.3. The van der Waals surface area contributed by atoms with Gasteiger partial charge in [0.25, 0.3) is 0 Å². The number of benzene rings is 1. The summed E-state index contributed by atoms with van der Waals surface area (Å²) < 4.78 is 7.52. The summed E-state index contributed by atoms with van der Waals surface area (Å²) in [6.45, 7) is 1.42. The second kappa shape index (κ2) is 5.18. The Morgan fingerprint density at radius 2 is 2.11 bits per heavy atom. The lowest BCUT2D eigenvalue weighted by Crippen LogP contribution is -2.23. The van der Waals surface area contributed by atoms with E-state index in [1.165, 1.54) is 17.9 Å². The molecule has 0 spiro atoms. The molecule has 1 heterocycles. The van der Waals surface area contributed by atoms with Gasteiger partial charge in [-0.15, -0.1) is 5.10 Å². The van der Waals surface area contributed by atoms with Crippen LogP contribution in [-0.4, -0.2) is 31.9 Å². The Morgan fingerprint density at radius 1 is 1.44 bits per heavy atom. The van der Waals surface area contributed by atoms with Gasteiger partial charge in [0.05, 0.1) is 5.69 Å². The van der Waals surface area contributed by atoms with Gasteiger partial charge in [-0.3, -0.25) is 0 Å². The average Bonchev–Trinajstić information content (AvgIpc) is 2.78. The summed E-state index contributed by atoms with van der Waals surface area (Å²) in [6.07, 6.45) is 0.485. The topological polar surface area (TPSA) is 77.2 Å². The molecule has 0 aliphatic rings. The molecular weight excluding hydrogens is 302 g/mol. The van der Waals surface area contributed by atoms with Crippen LogP contribution in [0.4, 0.5) is 0 Å². The van der Waals surface area contributed by atoms with Gasteiger partial charge in [-0.1, -0.05) is 15.9 Å². The first-order valence-electron chi connectivity index (χ1n) is 5.13. The molecule has 94 valence electrons. The SMILES string of the molecule is CC(Oc1ncn(-c2ccc(Br)cc2)n1)C(=O)O. The Labute approximate surface area is 111 Å². The first-order valence-corrected chi connectivity index (χ1v) is 5.92. The quantitative estimate of drug-likeness (QED) is 0.933. The van der Waals surface area contributed by atoms with Crippen LogP contribution in [0.1, 0.15) is 6.92 Å². The molecule has 1 aromatic carbocycles. The molecule has 7 heteroatoms. The third-order valence-electron chi connectivity index (χ3n) is 2.19. The van der Waals surface area contributed by atoms with E-state index in [0.717, 1.165) is 10.2 Å². The zero-order chi connectivity index (χ0) is 13.1. The zero-order valence-electron chi connectivity index (χ0n) is 9.45. The fourth-order valence-corrected chi connectivity index (χ4v) is 1.49. The number of rotatable bonds is 4. The number of ether oxygens (including phenoxy) is 1. The molecule has 6 nitrogen and oxygen atoms in total. The van der Waals surface area contributed by atoms with Crippen molar-refractivity contribution in [3.8, 4) is 11.7 Å². The van der Waals surface area contributed by atoms with E-state index >= 15 is 0 Å². The highest BCUT2D eigenvalue weighted by atomic mass is 79.9. The molecule has 0 aliphatic carbocycles. The summed E-state index contributed by atoms with van der Waals surface area (Å²) >= 11 is 3.34. The molecule has 0 amide bonds. The number of carboxylic acid groups (broad SMARTS) is 1. The maximum absolute atomic E-state index is 10.6. The molecule has 0 saturated carbocycles. The predicted octanol–water partition coefficient (Wildman–Crippen LogP) is 1.88. The van der Waals surface area contributed by atoms with Crippen LogP contribution in [0.2, 0.25) is 0 Å². The minimum Gasteiger partial charge on any atom is -0.479 e. The minimum atomic E-state index is -1.06. The Morgan fingerprint density at radius 3 is 2.72 bits per heavy atom. The summed E-state index contributed by atoms with van der Waals surface area (Å²) in [7, 11) is 0. The number of halogens is 1. The number of hydrogen-bond donors (Lipinski definition) is 1. The lowest BCUT2D eigenvalue weighted by molar-refractivity contribution is -0.144. The minimum absolute atomic E-state index is 0.0350. The van der Waals surface area contributed by atoms with Gasteiger partial charge >= 0.3 is 12.0 Å². The van der Waals surface area contributed by atoms with Gasteiger partial charge in [-0.2, -0.15) is 4.98 Å². The van der Waals surface area contributed by atoms with Gasteiger partial charge in [0.1, 0.15) is 6.33 Å². The summed E-state index contributed by atoms with van der Waals surface area (Å²) in [5.74, 6) is -1.06. The number of aromatic nitrogens is 3. The molecular formula is C11H10BrN3O3. The molecule has 0 radical (unpaired) electrons. The van der Waals surface area contributed by atoms with Crippen LogP contribution in [0.15, 0.2) is 35.1 Å². The number of carboxylic acids is 1. The van der Waals surface area contributed by atoms with E-state index in [-0.39, 0.29) is 6.01 Å². The van der Waals surface area contributed by atoms with Gasteiger partial charge in [0.2, 0.25) is 0 Å². The normalized spacial score (nSPS) is 12.1. The highest BCUT2D eigenvalue weighted by molar-refractivity contribution is 9.10. The van der Waals surface area contributed by atoms with E-state index in [4.69, 9.17) is 9.84 Å². The maximum atomic E-state index is 10.6. The van der Waals surface area contributed by atoms with E-state index in [1.54, 1.807) is 0 Å². The third-order valence-corrected chi connectivity index (χ3v) is 2.72. The van der Waals surface area contributed by atoms with Crippen molar-refractivity contribution in [2.24, 2.45) is 0 Å². The highest BCUT2D eigenvalue weighted by Crippen LogP contribution is 2.14. The summed E-state index contributed by atoms with van der Waals surface area (Å²) in [5, 5.41) is 12.7. The van der Waals surface area contributed by atoms with E-state index in [2.05, 4.69) is 26.0 Å². The molecule has 2 rings (SSSR count). The average molecular weight is 312 g/mol. The smallest absolute Gasteiger partial charge is 0.344 e. The van der Waals surface area contributed by atoms with Crippen molar-refractivity contribution in [2.45, 2.75) is 13.0 Å². The largest absolute Gasteiger partial charge is 0.479 e. The van der Waals surface area contributed by atoms with Gasteiger partial charge in [0.15, 0.2) is 6.10 Å². The Hall–Kier alpha value is -1.89. The highest BCUT2D eigenvalue weighted by Gasteiger charge is 2.15. The van der Waals surface area contributed by atoms with Gasteiger partial charge in [-0.25, -0.2) is 9.48 Å². The van der Waals surface area contributed by atoms with Crippen LogP contribution in [0, 0.1) is 0 Å². The van der Waals surface area contributed by atoms with Crippen molar-refractivity contribution in [1.29, 1.82) is 0 Å². The molecule has 0 saturated heterocycles. The van der Waals surface area contributed by atoms with Crippen LogP contribution < -0.4 is 4.74 Å². The fraction of sp³-hybridized carbons (Fsp3) is 0.182. The lowest BCUT2D eigenvalue weighted by Gasteiger charge is -2.05. The van der Waals surface area contributed by atoms with Gasteiger partial charge < -0.3 is 9.84 Å². The molecule has 1 aromatic heterocycles. The van der Waals surface area contributed by atoms with Gasteiger partial charge in [-0.05, 0) is 31.2 Å². The summed E-state index contributed by atoms with van der Waals surface area (Å²) in [6, 6.07) is 7.48. The predicted molar refractivity (Wildman–Crippen MR) is 66.8 cm³/mol. The van der Waals surface area contributed by atoms with Crippen molar-refractivity contribution in [3.63, 3.8) is 0 Å². The Bertz CT molecular complexity index is 553. The van der Waals surface area contributed by atoms with Crippen molar-refractivity contribution in [3.05, 3.63) is 35.1 Å². The molecule has 0 fully saturated rings. The van der Waals surface area contributed by atoms with Crippen LogP contribution in [0.25, 0.3) is 5.69 Å². The molecule has 18 heavy (non-hydrogen) atoms. The van der Waals surface area contributed by atoms with Crippen molar-refractivity contribution in [2.75, 3.05) is 0 Å². The van der Waals surface area contributed by atoms with Crippen molar-refractivity contribution >= 4 is 21.9 Å². The molecule has 1 unspecified atom stereocenters. The molecule has 2 aromatic rings.